The second kappa shape index (κ2) is 11.0. The van der Waals surface area contributed by atoms with Crippen molar-refractivity contribution in [3.05, 3.63) is 23.8 Å². The van der Waals surface area contributed by atoms with Crippen LogP contribution < -0.4 is 15.2 Å². The van der Waals surface area contributed by atoms with Gasteiger partial charge in [0.05, 0.1) is 48.7 Å². The number of ether oxygens (including phenoxy) is 3. The fraction of sp³-hybridized carbons (Fsp3) is 0.739. The summed E-state index contributed by atoms with van der Waals surface area (Å²) in [6, 6.07) is -0.890. The number of carbonyl (C=O) groups excluding carboxylic acids is 1. The number of carbonyl (C=O) groups is 1. The van der Waals surface area contributed by atoms with Crippen LogP contribution in [-0.2, 0) is 30.0 Å². The minimum Gasteiger partial charge on any atom is -0.423 e. The van der Waals surface area contributed by atoms with Crippen LogP contribution in [0.25, 0.3) is 0 Å². The average Bonchev–Trinajstić information content (AvgIpc) is 2.80. The Bertz CT molecular complexity index is 1080. The van der Waals surface area contributed by atoms with Crippen LogP contribution in [0.5, 0.6) is 5.75 Å². The van der Waals surface area contributed by atoms with E-state index in [-0.39, 0.29) is 17.9 Å². The Hall–Kier alpha value is -1.74. The van der Waals surface area contributed by atoms with Crippen LogP contribution in [0.15, 0.2) is 12.3 Å². The SMILES string of the molecule is CC[C@@H]1[C@H](O)[C@H](NC)[C@H]2O[C@]3(O)[C@H](O[C@@H]2[C@H]1O)O[C@H](C)C[C@H]3NC(=O)Cc1ncc(OP(C)(=O)O)cc1F. The lowest BCUT2D eigenvalue weighted by Crippen LogP contribution is -2.77. The Labute approximate surface area is 219 Å². The molecule has 3 fully saturated rings. The molecule has 11 atom stereocenters. The third kappa shape index (κ3) is 5.74. The number of nitrogens with one attached hydrogen (secondary N) is 2. The maximum absolute atomic E-state index is 14.5. The van der Waals surface area contributed by atoms with Gasteiger partial charge in [0.25, 0.3) is 0 Å². The number of hydrogen-bond donors (Lipinski definition) is 6. The largest absolute Gasteiger partial charge is 0.423 e. The average molecular weight is 564 g/mol. The van der Waals surface area contributed by atoms with E-state index in [0.717, 1.165) is 18.9 Å². The molecule has 0 aromatic carbocycles. The summed E-state index contributed by atoms with van der Waals surface area (Å²) in [5, 5.41) is 38.9. The van der Waals surface area contributed by atoms with Gasteiger partial charge in [-0.1, -0.05) is 6.92 Å². The van der Waals surface area contributed by atoms with Crippen molar-refractivity contribution in [3.63, 3.8) is 0 Å². The minimum absolute atomic E-state index is 0.122. The van der Waals surface area contributed by atoms with Crippen molar-refractivity contribution in [2.45, 2.75) is 87.8 Å². The van der Waals surface area contributed by atoms with Gasteiger partial charge in [0.1, 0.15) is 23.8 Å². The molecule has 1 unspecified atom stereocenters. The summed E-state index contributed by atoms with van der Waals surface area (Å²) in [5.74, 6) is -4.55. The lowest BCUT2D eigenvalue weighted by molar-refractivity contribution is -0.450. The Balaban J connectivity index is 1.51. The number of fused-ring (bicyclic) bond motifs is 2. The Morgan fingerprint density at radius 2 is 2.03 bits per heavy atom. The van der Waals surface area contributed by atoms with Crippen LogP contribution in [-0.4, -0.2) is 99.5 Å². The van der Waals surface area contributed by atoms with Gasteiger partial charge >= 0.3 is 7.60 Å². The number of aromatic nitrogens is 1. The van der Waals surface area contributed by atoms with Crippen LogP contribution in [0.3, 0.4) is 0 Å². The van der Waals surface area contributed by atoms with E-state index in [9.17, 15) is 34.0 Å². The van der Waals surface area contributed by atoms with Crippen LogP contribution in [0, 0.1) is 11.7 Å². The minimum atomic E-state index is -3.92. The molecule has 0 bridgehead atoms. The molecule has 1 aliphatic carbocycles. The Morgan fingerprint density at radius 1 is 1.32 bits per heavy atom. The summed E-state index contributed by atoms with van der Waals surface area (Å²) in [4.78, 5) is 26.0. The maximum atomic E-state index is 14.5. The molecule has 3 heterocycles. The zero-order valence-corrected chi connectivity index (χ0v) is 22.4. The molecule has 2 aliphatic heterocycles. The fourth-order valence-corrected chi connectivity index (χ4v) is 5.95. The van der Waals surface area contributed by atoms with Gasteiger partial charge in [-0.25, -0.2) is 8.96 Å². The van der Waals surface area contributed by atoms with Gasteiger partial charge in [-0.05, 0) is 26.8 Å². The number of rotatable bonds is 7. The van der Waals surface area contributed by atoms with Crippen molar-refractivity contribution < 1.29 is 52.7 Å². The zero-order valence-electron chi connectivity index (χ0n) is 21.5. The van der Waals surface area contributed by atoms with Crippen LogP contribution >= 0.6 is 7.60 Å². The molecule has 4 rings (SSSR count). The van der Waals surface area contributed by atoms with Crippen molar-refractivity contribution in [3.8, 4) is 5.75 Å². The molecule has 0 radical (unpaired) electrons. The molecule has 38 heavy (non-hydrogen) atoms. The molecule has 3 aliphatic rings. The second-order valence-electron chi connectivity index (χ2n) is 10.1. The van der Waals surface area contributed by atoms with Crippen LogP contribution in [0.4, 0.5) is 4.39 Å². The monoisotopic (exact) mass is 563 g/mol. The number of likely N-dealkylation sites (N-methyl/N-ethyl adjacent to an activating group) is 1. The molecule has 214 valence electrons. The van der Waals surface area contributed by atoms with E-state index in [1.165, 1.54) is 0 Å². The third-order valence-electron chi connectivity index (χ3n) is 7.26. The molecule has 0 spiro atoms. The molecule has 1 amide bonds. The molecule has 6 N–H and O–H groups in total. The predicted molar refractivity (Wildman–Crippen MR) is 128 cm³/mol. The first-order valence-electron chi connectivity index (χ1n) is 12.5. The van der Waals surface area contributed by atoms with Gasteiger partial charge in [0.15, 0.2) is 0 Å². The van der Waals surface area contributed by atoms with E-state index in [4.69, 9.17) is 18.7 Å². The van der Waals surface area contributed by atoms with Crippen molar-refractivity contribution in [1.82, 2.24) is 15.6 Å². The van der Waals surface area contributed by atoms with Crippen LogP contribution in [0.1, 0.15) is 32.4 Å². The predicted octanol–water partition coefficient (Wildman–Crippen LogP) is -0.601. The van der Waals surface area contributed by atoms with Gasteiger partial charge < -0.3 is 49.6 Å². The maximum Gasteiger partial charge on any atom is 0.373 e. The second-order valence-corrected chi connectivity index (χ2v) is 11.9. The normalized spacial score (nSPS) is 40.4. The van der Waals surface area contributed by atoms with E-state index in [2.05, 4.69) is 15.6 Å². The number of pyridine rings is 1. The van der Waals surface area contributed by atoms with Gasteiger partial charge in [0.2, 0.25) is 18.0 Å². The molecule has 13 nitrogen and oxygen atoms in total. The highest BCUT2D eigenvalue weighted by Gasteiger charge is 2.63. The molecule has 1 aromatic heterocycles. The number of aliphatic hydroxyl groups excluding tert-OH is 2. The Morgan fingerprint density at radius 3 is 2.63 bits per heavy atom. The third-order valence-corrected chi connectivity index (χ3v) is 7.81. The van der Waals surface area contributed by atoms with Crippen molar-refractivity contribution in [1.29, 1.82) is 0 Å². The molecule has 15 heteroatoms. The highest BCUT2D eigenvalue weighted by atomic mass is 31.2. The summed E-state index contributed by atoms with van der Waals surface area (Å²) < 4.78 is 48.5. The summed E-state index contributed by atoms with van der Waals surface area (Å²) >= 11 is 0. The number of halogens is 1. The van der Waals surface area contributed by atoms with Gasteiger partial charge in [-0.3, -0.25) is 9.78 Å². The van der Waals surface area contributed by atoms with E-state index in [1.807, 2.05) is 6.92 Å². The number of amides is 1. The lowest BCUT2D eigenvalue weighted by Gasteiger charge is -2.58. The van der Waals surface area contributed by atoms with Crippen molar-refractivity contribution in [2.24, 2.45) is 5.92 Å². The number of aliphatic hydroxyl groups is 3. The number of nitrogens with zero attached hydrogens (tertiary/aromatic N) is 1. The van der Waals surface area contributed by atoms with Crippen LogP contribution in [0.2, 0.25) is 0 Å². The molecular weight excluding hydrogens is 528 g/mol. The summed E-state index contributed by atoms with van der Waals surface area (Å²) in [6.07, 6.45) is -4.68. The van der Waals surface area contributed by atoms with Crippen molar-refractivity contribution in [2.75, 3.05) is 13.7 Å². The van der Waals surface area contributed by atoms with Gasteiger partial charge in [0, 0.05) is 18.6 Å². The summed E-state index contributed by atoms with van der Waals surface area (Å²) in [7, 11) is -2.30. The number of hydrogen-bond acceptors (Lipinski definition) is 11. The summed E-state index contributed by atoms with van der Waals surface area (Å²) in [5.41, 5.74) is -0.248. The zero-order chi connectivity index (χ0) is 28.0. The highest BCUT2D eigenvalue weighted by Crippen LogP contribution is 2.43. The molecule has 2 saturated heterocycles. The van der Waals surface area contributed by atoms with Gasteiger partial charge in [-0.15, -0.1) is 0 Å². The van der Waals surface area contributed by atoms with Gasteiger partial charge in [-0.2, -0.15) is 0 Å². The molecule has 1 saturated carbocycles. The fourth-order valence-electron chi connectivity index (χ4n) is 5.46. The van der Waals surface area contributed by atoms with E-state index >= 15 is 0 Å². The summed E-state index contributed by atoms with van der Waals surface area (Å²) in [6.45, 7) is 4.49. The molecular formula is C23H35FN3O10P. The quantitative estimate of drug-likeness (QED) is 0.232. The first-order chi connectivity index (χ1) is 17.8. The topological polar surface area (TPSA) is 189 Å². The smallest absolute Gasteiger partial charge is 0.373 e. The standard InChI is InChI=1S/C23H35FN3O10P/c1-5-12-18(29)17(25-3)20-21(19(12)30)35-22-23(31,36-20)15(6-10(2)34-22)27-16(28)8-14-13(24)7-11(9-26-14)37-38(4,32)33/h7,9-10,12,15,17-22,25,29-31H,5-6,8H2,1-4H3,(H,27,28)(H,32,33)/t10-,12-,15-,17+,18+,19+,20-,21-,22+,23+/m1/s1. The molecule has 1 aromatic rings. The van der Waals surface area contributed by atoms with E-state index < -0.39 is 86.3 Å². The highest BCUT2D eigenvalue weighted by molar-refractivity contribution is 7.52. The van der Waals surface area contributed by atoms with E-state index in [0.29, 0.717) is 6.42 Å². The van der Waals surface area contributed by atoms with Crippen molar-refractivity contribution >= 4 is 13.5 Å². The lowest BCUT2D eigenvalue weighted by atomic mass is 9.74. The van der Waals surface area contributed by atoms with E-state index in [1.54, 1.807) is 14.0 Å². The first kappa shape index (κ1) is 29.2. The Kier molecular flexibility index (Phi) is 8.49. The first-order valence-corrected chi connectivity index (χ1v) is 14.5.